The molecule has 0 aliphatic rings. The van der Waals surface area contributed by atoms with E-state index in [1.807, 2.05) is 18.2 Å². The molecular weight excluding hydrogens is 365 g/mol. The molecule has 0 aromatic heterocycles. The van der Waals surface area contributed by atoms with Crippen molar-refractivity contribution in [3.05, 3.63) is 57.0 Å². The van der Waals surface area contributed by atoms with Gasteiger partial charge in [0, 0.05) is 10.6 Å². The van der Waals surface area contributed by atoms with Gasteiger partial charge in [-0.3, -0.25) is 0 Å². The van der Waals surface area contributed by atoms with E-state index >= 15 is 0 Å². The molecule has 0 aliphatic heterocycles. The van der Waals surface area contributed by atoms with E-state index in [2.05, 4.69) is 0 Å². The number of benzene rings is 2. The maximum Gasteiger partial charge on any atom is 0.156 e. The van der Waals surface area contributed by atoms with Crippen LogP contribution in [0.5, 0.6) is 11.5 Å². The van der Waals surface area contributed by atoms with Crippen molar-refractivity contribution in [1.82, 2.24) is 0 Å². The quantitative estimate of drug-likeness (QED) is 0.584. The van der Waals surface area contributed by atoms with E-state index in [0.717, 1.165) is 5.56 Å². The van der Waals surface area contributed by atoms with Crippen molar-refractivity contribution >= 4 is 52.0 Å². The molecule has 0 fully saturated rings. The molecule has 0 unspecified atom stereocenters. The van der Waals surface area contributed by atoms with Crippen LogP contribution in [0.3, 0.4) is 0 Å². The lowest BCUT2D eigenvalue weighted by molar-refractivity contribution is 0.217. The fourth-order valence-electron chi connectivity index (χ4n) is 1.71. The topological polar surface area (TPSA) is 44.5 Å². The van der Waals surface area contributed by atoms with Gasteiger partial charge in [0.05, 0.1) is 10.0 Å². The highest BCUT2D eigenvalue weighted by Crippen LogP contribution is 2.35. The summed E-state index contributed by atoms with van der Waals surface area (Å²) in [6.07, 6.45) is 0. The summed E-state index contributed by atoms with van der Waals surface area (Å²) in [4.78, 5) is 0.321. The van der Waals surface area contributed by atoms with Crippen LogP contribution in [0.4, 0.5) is 0 Å². The Bertz CT molecular complexity index is 671. The zero-order valence-corrected chi connectivity index (χ0v) is 14.4. The largest absolute Gasteiger partial charge is 0.490 e. The van der Waals surface area contributed by atoms with E-state index in [0.29, 0.717) is 38.2 Å². The third-order valence-corrected chi connectivity index (χ3v) is 3.70. The van der Waals surface area contributed by atoms with Crippen LogP contribution >= 0.6 is 47.0 Å². The standard InChI is InChI=1S/C15H12Cl3NO2S/c16-10-7-12(17)14(13(18)8-10)21-5-4-20-11-3-1-2-9(6-11)15(19)22/h1-3,6-8H,4-5H2,(H2,19,22). The number of hydrogen-bond donors (Lipinski definition) is 1. The minimum atomic E-state index is 0.276. The lowest BCUT2D eigenvalue weighted by atomic mass is 10.2. The zero-order chi connectivity index (χ0) is 16.1. The first-order valence-electron chi connectivity index (χ1n) is 6.27. The van der Waals surface area contributed by atoms with E-state index < -0.39 is 0 Å². The minimum Gasteiger partial charge on any atom is -0.490 e. The van der Waals surface area contributed by atoms with Crippen LogP contribution in [-0.2, 0) is 0 Å². The molecule has 116 valence electrons. The molecule has 2 N–H and O–H groups in total. The van der Waals surface area contributed by atoms with Crippen LogP contribution in [0, 0.1) is 0 Å². The van der Waals surface area contributed by atoms with Crippen molar-refractivity contribution in [1.29, 1.82) is 0 Å². The predicted octanol–water partition coefficient (Wildman–Crippen LogP) is 4.74. The molecule has 0 saturated heterocycles. The van der Waals surface area contributed by atoms with Gasteiger partial charge in [-0.2, -0.15) is 0 Å². The summed E-state index contributed by atoms with van der Waals surface area (Å²) in [6.45, 7) is 0.592. The van der Waals surface area contributed by atoms with Gasteiger partial charge in [-0.25, -0.2) is 0 Å². The monoisotopic (exact) mass is 375 g/mol. The molecule has 0 heterocycles. The second kappa shape index (κ2) is 7.88. The summed E-state index contributed by atoms with van der Waals surface area (Å²) in [5.74, 6) is 1.04. The van der Waals surface area contributed by atoms with Gasteiger partial charge in [-0.05, 0) is 24.3 Å². The van der Waals surface area contributed by atoms with Gasteiger partial charge < -0.3 is 15.2 Å². The van der Waals surface area contributed by atoms with Gasteiger partial charge in [0.25, 0.3) is 0 Å². The predicted molar refractivity (Wildman–Crippen MR) is 94.8 cm³/mol. The van der Waals surface area contributed by atoms with Gasteiger partial charge in [0.15, 0.2) is 5.75 Å². The van der Waals surface area contributed by atoms with Crippen molar-refractivity contribution in [2.24, 2.45) is 5.73 Å². The Balaban J connectivity index is 1.90. The van der Waals surface area contributed by atoms with Gasteiger partial charge in [0.1, 0.15) is 24.0 Å². The molecule has 3 nitrogen and oxygen atoms in total. The maximum atomic E-state index is 6.02. The maximum absolute atomic E-state index is 6.02. The molecular formula is C15H12Cl3NO2S. The average Bonchev–Trinajstić information content (AvgIpc) is 2.45. The number of thiocarbonyl (C=S) groups is 1. The highest BCUT2D eigenvalue weighted by atomic mass is 35.5. The fraction of sp³-hybridized carbons (Fsp3) is 0.133. The Labute approximate surface area is 148 Å². The van der Waals surface area contributed by atoms with Crippen molar-refractivity contribution in [2.75, 3.05) is 13.2 Å². The zero-order valence-electron chi connectivity index (χ0n) is 11.3. The van der Waals surface area contributed by atoms with Gasteiger partial charge in [0.2, 0.25) is 0 Å². The Kier molecular flexibility index (Phi) is 6.15. The lowest BCUT2D eigenvalue weighted by Gasteiger charge is -2.11. The molecule has 2 aromatic carbocycles. The van der Waals surface area contributed by atoms with Crippen molar-refractivity contribution in [3.8, 4) is 11.5 Å². The second-order valence-electron chi connectivity index (χ2n) is 4.29. The smallest absolute Gasteiger partial charge is 0.156 e. The third-order valence-electron chi connectivity index (χ3n) is 2.68. The number of hydrogen-bond acceptors (Lipinski definition) is 3. The number of ether oxygens (including phenoxy) is 2. The molecule has 0 radical (unpaired) electrons. The van der Waals surface area contributed by atoms with Crippen LogP contribution < -0.4 is 15.2 Å². The van der Waals surface area contributed by atoms with Crippen LogP contribution in [0.25, 0.3) is 0 Å². The SMILES string of the molecule is NC(=S)c1cccc(OCCOc2c(Cl)cc(Cl)cc2Cl)c1. The second-order valence-corrected chi connectivity index (χ2v) is 5.98. The van der Waals surface area contributed by atoms with Gasteiger partial charge in [-0.1, -0.05) is 59.2 Å². The van der Waals surface area contributed by atoms with E-state index in [4.69, 9.17) is 62.2 Å². The molecule has 0 amide bonds. The molecule has 0 saturated carbocycles. The summed E-state index contributed by atoms with van der Waals surface area (Å²) in [5.41, 5.74) is 6.32. The van der Waals surface area contributed by atoms with E-state index in [9.17, 15) is 0 Å². The van der Waals surface area contributed by atoms with Crippen molar-refractivity contribution < 1.29 is 9.47 Å². The molecule has 7 heteroatoms. The Hall–Kier alpha value is -1.20. The first kappa shape index (κ1) is 17.2. The number of halogens is 3. The lowest BCUT2D eigenvalue weighted by Crippen LogP contribution is -2.11. The Morgan fingerprint density at radius 2 is 1.64 bits per heavy atom. The Morgan fingerprint density at radius 3 is 2.27 bits per heavy atom. The number of rotatable bonds is 6. The van der Waals surface area contributed by atoms with Crippen LogP contribution in [0.2, 0.25) is 15.1 Å². The average molecular weight is 377 g/mol. The summed E-state index contributed by atoms with van der Waals surface area (Å²) < 4.78 is 11.1. The highest BCUT2D eigenvalue weighted by molar-refractivity contribution is 7.80. The summed E-state index contributed by atoms with van der Waals surface area (Å²) in [5, 5.41) is 1.16. The molecule has 0 bridgehead atoms. The normalized spacial score (nSPS) is 10.3. The van der Waals surface area contributed by atoms with E-state index in [1.165, 1.54) is 0 Å². The molecule has 2 rings (SSSR count). The first-order chi connectivity index (χ1) is 10.5. The molecule has 0 aliphatic carbocycles. The van der Waals surface area contributed by atoms with Crippen LogP contribution in [-0.4, -0.2) is 18.2 Å². The molecule has 0 spiro atoms. The minimum absolute atomic E-state index is 0.276. The third kappa shape index (κ3) is 4.65. The van der Waals surface area contributed by atoms with E-state index in [-0.39, 0.29) is 6.61 Å². The van der Waals surface area contributed by atoms with Crippen molar-refractivity contribution in [2.45, 2.75) is 0 Å². The number of nitrogens with two attached hydrogens (primary N) is 1. The molecule has 2 aromatic rings. The molecule has 22 heavy (non-hydrogen) atoms. The van der Waals surface area contributed by atoms with Gasteiger partial charge in [-0.15, -0.1) is 0 Å². The fourth-order valence-corrected chi connectivity index (χ4v) is 2.76. The highest BCUT2D eigenvalue weighted by Gasteiger charge is 2.09. The van der Waals surface area contributed by atoms with E-state index in [1.54, 1.807) is 18.2 Å². The van der Waals surface area contributed by atoms with Crippen LogP contribution in [0.15, 0.2) is 36.4 Å². The Morgan fingerprint density at radius 1 is 1.00 bits per heavy atom. The molecule has 0 atom stereocenters. The summed E-state index contributed by atoms with van der Waals surface area (Å²) >= 11 is 22.8. The first-order valence-corrected chi connectivity index (χ1v) is 7.81. The van der Waals surface area contributed by atoms with Gasteiger partial charge >= 0.3 is 0 Å². The van der Waals surface area contributed by atoms with Crippen LogP contribution in [0.1, 0.15) is 5.56 Å². The van der Waals surface area contributed by atoms with Crippen molar-refractivity contribution in [3.63, 3.8) is 0 Å². The summed E-state index contributed by atoms with van der Waals surface area (Å²) in [7, 11) is 0. The summed E-state index contributed by atoms with van der Waals surface area (Å²) in [6, 6.07) is 10.3.